The number of rotatable bonds is 3. The summed E-state index contributed by atoms with van der Waals surface area (Å²) in [5.41, 5.74) is 3.46. The molecule has 0 saturated heterocycles. The molecule has 0 aliphatic heterocycles. The first-order valence-corrected chi connectivity index (χ1v) is 10.7. The molecule has 1 aromatic heterocycles. The van der Waals surface area contributed by atoms with Gasteiger partial charge in [0.15, 0.2) is 14.6 Å². The summed E-state index contributed by atoms with van der Waals surface area (Å²) < 4.78 is 27.5. The summed E-state index contributed by atoms with van der Waals surface area (Å²) in [6.07, 6.45) is 0. The molecule has 3 aromatic rings. The van der Waals surface area contributed by atoms with Crippen LogP contribution in [-0.2, 0) is 16.9 Å². The summed E-state index contributed by atoms with van der Waals surface area (Å²) in [5, 5.41) is 0. The smallest absolute Gasteiger partial charge is 0.280 e. The molecule has 1 amide bonds. The molecule has 0 atom stereocenters. The third-order valence-corrected chi connectivity index (χ3v) is 7.40. The van der Waals surface area contributed by atoms with Crippen molar-refractivity contribution in [3.63, 3.8) is 0 Å². The highest BCUT2D eigenvalue weighted by atomic mass is 32.2. The lowest BCUT2D eigenvalue weighted by Crippen LogP contribution is -2.16. The fourth-order valence-electron chi connectivity index (χ4n) is 2.85. The second kappa shape index (κ2) is 6.81. The van der Waals surface area contributed by atoms with Crippen molar-refractivity contribution in [2.45, 2.75) is 25.7 Å². The van der Waals surface area contributed by atoms with E-state index in [1.165, 1.54) is 29.0 Å². The van der Waals surface area contributed by atoms with Crippen molar-refractivity contribution in [3.05, 3.63) is 57.9 Å². The van der Waals surface area contributed by atoms with Crippen molar-refractivity contribution < 1.29 is 13.2 Å². The summed E-state index contributed by atoms with van der Waals surface area (Å²) in [5.74, 6) is -0.610. The molecule has 0 saturated carbocycles. The summed E-state index contributed by atoms with van der Waals surface area (Å²) in [6.45, 7) is 5.64. The highest BCUT2D eigenvalue weighted by Gasteiger charge is 2.20. The van der Waals surface area contributed by atoms with E-state index in [1.54, 1.807) is 19.1 Å². The SMILES string of the molecule is CCS(=O)(=O)c1ccccc1C(=O)N=c1sc2ccc(C)c(C)c2n1C. The molecular weight excluding hydrogens is 368 g/mol. The molecule has 0 aliphatic carbocycles. The van der Waals surface area contributed by atoms with Crippen molar-refractivity contribution in [1.29, 1.82) is 0 Å². The zero-order valence-electron chi connectivity index (χ0n) is 15.1. The minimum Gasteiger partial charge on any atom is -0.319 e. The Morgan fingerprint density at radius 3 is 2.54 bits per heavy atom. The highest BCUT2D eigenvalue weighted by Crippen LogP contribution is 2.23. The predicted octanol–water partition coefficient (Wildman–Crippen LogP) is 3.39. The molecule has 136 valence electrons. The number of aryl methyl sites for hydroxylation is 3. The molecule has 0 unspecified atom stereocenters. The molecule has 0 N–H and O–H groups in total. The van der Waals surface area contributed by atoms with Gasteiger partial charge in [-0.15, -0.1) is 0 Å². The van der Waals surface area contributed by atoms with Gasteiger partial charge in [0.05, 0.1) is 26.4 Å². The first-order chi connectivity index (χ1) is 12.3. The number of aromatic nitrogens is 1. The van der Waals surface area contributed by atoms with Crippen LogP contribution in [0.1, 0.15) is 28.4 Å². The first-order valence-electron chi connectivity index (χ1n) is 8.23. The molecule has 26 heavy (non-hydrogen) atoms. The molecule has 1 heterocycles. The number of hydrogen-bond acceptors (Lipinski definition) is 4. The van der Waals surface area contributed by atoms with E-state index >= 15 is 0 Å². The Hall–Kier alpha value is -2.25. The van der Waals surface area contributed by atoms with Crippen LogP contribution in [0, 0.1) is 13.8 Å². The summed E-state index contributed by atoms with van der Waals surface area (Å²) in [4.78, 5) is 17.5. The van der Waals surface area contributed by atoms with Gasteiger partial charge in [0.1, 0.15) is 0 Å². The quantitative estimate of drug-likeness (QED) is 0.691. The Morgan fingerprint density at radius 1 is 1.15 bits per heavy atom. The molecule has 0 bridgehead atoms. The Balaban J connectivity index is 2.19. The van der Waals surface area contributed by atoms with Gasteiger partial charge in [0, 0.05) is 7.05 Å². The number of carbonyl (C=O) groups is 1. The zero-order valence-corrected chi connectivity index (χ0v) is 16.7. The number of hydrogen-bond donors (Lipinski definition) is 0. The Labute approximate surface area is 156 Å². The van der Waals surface area contributed by atoms with E-state index in [0.29, 0.717) is 4.80 Å². The van der Waals surface area contributed by atoms with Gasteiger partial charge >= 0.3 is 0 Å². The number of carbonyl (C=O) groups excluding carboxylic acids is 1. The van der Waals surface area contributed by atoms with Gasteiger partial charge in [-0.05, 0) is 43.2 Å². The lowest BCUT2D eigenvalue weighted by atomic mass is 10.1. The van der Waals surface area contributed by atoms with E-state index in [2.05, 4.69) is 4.99 Å². The van der Waals surface area contributed by atoms with Crippen LogP contribution in [0.2, 0.25) is 0 Å². The fraction of sp³-hybridized carbons (Fsp3) is 0.263. The van der Waals surface area contributed by atoms with E-state index in [4.69, 9.17) is 0 Å². The molecule has 7 heteroatoms. The Kier molecular flexibility index (Phi) is 4.86. The normalized spacial score (nSPS) is 12.7. The standard InChI is InChI=1S/C19H20N2O3S2/c1-5-26(23,24)16-9-7-6-8-14(16)18(22)20-19-21(4)17-13(3)12(2)10-11-15(17)25-19/h6-11H,5H2,1-4H3. The molecule has 5 nitrogen and oxygen atoms in total. The average molecular weight is 389 g/mol. The largest absolute Gasteiger partial charge is 0.319 e. The number of amides is 1. The number of sulfone groups is 1. The fourth-order valence-corrected chi connectivity index (χ4v) is 5.02. The maximum Gasteiger partial charge on any atom is 0.280 e. The maximum atomic E-state index is 12.7. The van der Waals surface area contributed by atoms with E-state index < -0.39 is 15.7 Å². The molecule has 0 fully saturated rings. The van der Waals surface area contributed by atoms with Gasteiger partial charge in [0.2, 0.25) is 0 Å². The van der Waals surface area contributed by atoms with Crippen molar-refractivity contribution in [2.75, 3.05) is 5.75 Å². The van der Waals surface area contributed by atoms with Gasteiger partial charge in [-0.1, -0.05) is 36.5 Å². The summed E-state index contributed by atoms with van der Waals surface area (Å²) in [7, 11) is -1.63. The first kappa shape index (κ1) is 18.5. The number of fused-ring (bicyclic) bond motifs is 1. The van der Waals surface area contributed by atoms with Crippen molar-refractivity contribution in [3.8, 4) is 0 Å². The van der Waals surface area contributed by atoms with E-state index in [1.807, 2.05) is 37.6 Å². The van der Waals surface area contributed by atoms with Crippen LogP contribution in [0.25, 0.3) is 10.2 Å². The van der Waals surface area contributed by atoms with Crippen LogP contribution in [0.3, 0.4) is 0 Å². The molecule has 2 aromatic carbocycles. The third kappa shape index (κ3) is 3.12. The van der Waals surface area contributed by atoms with Gasteiger partial charge in [-0.2, -0.15) is 4.99 Å². The highest BCUT2D eigenvalue weighted by molar-refractivity contribution is 7.91. The number of nitrogens with zero attached hydrogens (tertiary/aromatic N) is 2. The minimum absolute atomic E-state index is 0.0343. The minimum atomic E-state index is -3.50. The van der Waals surface area contributed by atoms with E-state index in [9.17, 15) is 13.2 Å². The number of thiazole rings is 1. The van der Waals surface area contributed by atoms with Gasteiger partial charge in [0.25, 0.3) is 5.91 Å². The van der Waals surface area contributed by atoms with Crippen LogP contribution >= 0.6 is 11.3 Å². The van der Waals surface area contributed by atoms with Crippen LogP contribution in [0.4, 0.5) is 0 Å². The molecular formula is C19H20N2O3S2. The van der Waals surface area contributed by atoms with E-state index in [-0.39, 0.29) is 16.2 Å². The molecule has 0 spiro atoms. The molecule has 0 aliphatic rings. The van der Waals surface area contributed by atoms with Crippen LogP contribution in [-0.4, -0.2) is 24.6 Å². The monoisotopic (exact) mass is 388 g/mol. The number of benzene rings is 2. The third-order valence-electron chi connectivity index (χ3n) is 4.52. The lowest BCUT2D eigenvalue weighted by molar-refractivity contribution is 0.0995. The Morgan fingerprint density at radius 2 is 1.85 bits per heavy atom. The average Bonchev–Trinajstić information content (AvgIpc) is 2.94. The van der Waals surface area contributed by atoms with Crippen molar-refractivity contribution in [1.82, 2.24) is 4.57 Å². The lowest BCUT2D eigenvalue weighted by Gasteiger charge is -2.06. The maximum absolute atomic E-state index is 12.7. The zero-order chi connectivity index (χ0) is 19.1. The van der Waals surface area contributed by atoms with Gasteiger partial charge in [-0.3, -0.25) is 4.79 Å². The molecule has 0 radical (unpaired) electrons. The topological polar surface area (TPSA) is 68.5 Å². The van der Waals surface area contributed by atoms with Crippen molar-refractivity contribution in [2.24, 2.45) is 12.0 Å². The van der Waals surface area contributed by atoms with Crippen molar-refractivity contribution >= 4 is 37.3 Å². The molecule has 3 rings (SSSR count). The second-order valence-corrected chi connectivity index (χ2v) is 9.37. The second-order valence-electron chi connectivity index (χ2n) is 6.11. The van der Waals surface area contributed by atoms with Crippen LogP contribution in [0.15, 0.2) is 46.3 Å². The van der Waals surface area contributed by atoms with Crippen LogP contribution < -0.4 is 4.80 Å². The van der Waals surface area contributed by atoms with E-state index in [0.717, 1.165) is 15.8 Å². The van der Waals surface area contributed by atoms with Gasteiger partial charge in [-0.25, -0.2) is 8.42 Å². The van der Waals surface area contributed by atoms with Gasteiger partial charge < -0.3 is 4.57 Å². The van der Waals surface area contributed by atoms with Crippen LogP contribution in [0.5, 0.6) is 0 Å². The Bertz CT molecular complexity index is 1190. The predicted molar refractivity (Wildman–Crippen MR) is 104 cm³/mol. The summed E-state index contributed by atoms with van der Waals surface area (Å²) >= 11 is 1.41. The summed E-state index contributed by atoms with van der Waals surface area (Å²) in [6, 6.07) is 10.3.